The van der Waals surface area contributed by atoms with Gasteiger partial charge in [-0.3, -0.25) is 0 Å². The van der Waals surface area contributed by atoms with Crippen LogP contribution < -0.4 is 0 Å². The molecule has 2 aromatic rings. The second-order valence-corrected chi connectivity index (χ2v) is 6.38. The van der Waals surface area contributed by atoms with Crippen molar-refractivity contribution in [2.45, 2.75) is 25.5 Å². The van der Waals surface area contributed by atoms with Gasteiger partial charge in [0, 0.05) is 23.5 Å². The van der Waals surface area contributed by atoms with Crippen molar-refractivity contribution in [1.82, 2.24) is 9.47 Å². The minimum absolute atomic E-state index is 0.220. The van der Waals surface area contributed by atoms with E-state index in [1.165, 1.54) is 12.1 Å². The zero-order valence-electron chi connectivity index (χ0n) is 13.3. The van der Waals surface area contributed by atoms with Crippen molar-refractivity contribution < 1.29 is 13.9 Å². The Balaban J connectivity index is 1.76. The second kappa shape index (κ2) is 6.81. The van der Waals surface area contributed by atoms with Crippen LogP contribution in [-0.2, 0) is 6.54 Å². The summed E-state index contributed by atoms with van der Waals surface area (Å²) >= 11 is 0. The molecular formula is C18H22F2N2O. The quantitative estimate of drug-likeness (QED) is 0.937. The van der Waals surface area contributed by atoms with Gasteiger partial charge in [-0.25, -0.2) is 8.78 Å². The van der Waals surface area contributed by atoms with Gasteiger partial charge in [-0.05, 0) is 57.1 Å². The maximum absolute atomic E-state index is 13.9. The lowest BCUT2D eigenvalue weighted by atomic mass is 9.90. The molecule has 124 valence electrons. The molecule has 5 heteroatoms. The van der Waals surface area contributed by atoms with Crippen molar-refractivity contribution >= 4 is 0 Å². The largest absolute Gasteiger partial charge is 0.387 e. The summed E-state index contributed by atoms with van der Waals surface area (Å²) < 4.78 is 28.7. The minimum Gasteiger partial charge on any atom is -0.387 e. The average molecular weight is 320 g/mol. The Morgan fingerprint density at radius 1 is 1.22 bits per heavy atom. The van der Waals surface area contributed by atoms with Gasteiger partial charge < -0.3 is 14.6 Å². The molecule has 1 aromatic heterocycles. The second-order valence-electron chi connectivity index (χ2n) is 6.38. The van der Waals surface area contributed by atoms with E-state index >= 15 is 0 Å². The van der Waals surface area contributed by atoms with Gasteiger partial charge in [0.15, 0.2) is 0 Å². The van der Waals surface area contributed by atoms with Crippen molar-refractivity contribution in [2.75, 3.05) is 20.1 Å². The van der Waals surface area contributed by atoms with Crippen LogP contribution in [0.2, 0.25) is 0 Å². The lowest BCUT2D eigenvalue weighted by Crippen LogP contribution is -2.33. The minimum atomic E-state index is -0.578. The molecule has 1 unspecified atom stereocenters. The third-order valence-corrected chi connectivity index (χ3v) is 4.73. The third kappa shape index (κ3) is 3.62. The number of aliphatic hydroxyl groups is 1. The molecule has 1 atom stereocenters. The first-order chi connectivity index (χ1) is 11.0. The molecule has 1 aromatic carbocycles. The van der Waals surface area contributed by atoms with E-state index in [9.17, 15) is 13.9 Å². The van der Waals surface area contributed by atoms with Gasteiger partial charge in [0.2, 0.25) is 0 Å². The summed E-state index contributed by atoms with van der Waals surface area (Å²) in [4.78, 5) is 2.26. The summed E-state index contributed by atoms with van der Waals surface area (Å²) in [5.41, 5.74) is 1.21. The van der Waals surface area contributed by atoms with Crippen LogP contribution in [-0.4, -0.2) is 34.7 Å². The van der Waals surface area contributed by atoms with Gasteiger partial charge in [0.05, 0.1) is 12.6 Å². The molecule has 1 aliphatic heterocycles. The van der Waals surface area contributed by atoms with Gasteiger partial charge in [-0.2, -0.15) is 0 Å². The zero-order chi connectivity index (χ0) is 16.4. The van der Waals surface area contributed by atoms with Gasteiger partial charge in [0.25, 0.3) is 0 Å². The van der Waals surface area contributed by atoms with Crippen molar-refractivity contribution in [2.24, 2.45) is 5.92 Å². The van der Waals surface area contributed by atoms with Crippen molar-refractivity contribution in [3.8, 4) is 0 Å². The summed E-state index contributed by atoms with van der Waals surface area (Å²) in [6.45, 7) is 2.25. The topological polar surface area (TPSA) is 28.4 Å². The number of aliphatic hydroxyl groups excluding tert-OH is 1. The number of hydrogen-bond donors (Lipinski definition) is 1. The predicted octanol–water partition coefficient (Wildman–Crippen LogP) is 3.19. The first kappa shape index (κ1) is 16.1. The zero-order valence-corrected chi connectivity index (χ0v) is 13.3. The Hall–Kier alpha value is -1.72. The third-order valence-electron chi connectivity index (χ3n) is 4.73. The SMILES string of the molecule is CN1CCC(C(O)c2cccn2Cc2ccc(F)cc2F)CC1. The molecule has 0 spiro atoms. The maximum atomic E-state index is 13.9. The Morgan fingerprint density at radius 2 is 1.96 bits per heavy atom. The number of hydrogen-bond acceptors (Lipinski definition) is 2. The number of piperidine rings is 1. The summed E-state index contributed by atoms with van der Waals surface area (Å²) in [6, 6.07) is 7.34. The van der Waals surface area contributed by atoms with Gasteiger partial charge in [-0.1, -0.05) is 6.07 Å². The molecule has 23 heavy (non-hydrogen) atoms. The van der Waals surface area contributed by atoms with E-state index in [1.54, 1.807) is 0 Å². The van der Waals surface area contributed by atoms with Crippen LogP contribution in [0.15, 0.2) is 36.5 Å². The number of halogens is 2. The number of nitrogens with zero attached hydrogens (tertiary/aromatic N) is 2. The molecule has 0 saturated carbocycles. The van der Waals surface area contributed by atoms with E-state index in [1.807, 2.05) is 22.9 Å². The van der Waals surface area contributed by atoms with Crippen molar-refractivity contribution in [3.63, 3.8) is 0 Å². The van der Waals surface area contributed by atoms with E-state index in [-0.39, 0.29) is 12.5 Å². The Bertz CT molecular complexity index is 663. The predicted molar refractivity (Wildman–Crippen MR) is 85.1 cm³/mol. The van der Waals surface area contributed by atoms with E-state index < -0.39 is 17.7 Å². The highest BCUT2D eigenvalue weighted by atomic mass is 19.1. The number of rotatable bonds is 4. The standard InChI is InChI=1S/C18H22F2N2O/c1-21-9-6-13(7-10-21)18(23)17-3-2-8-22(17)12-14-4-5-15(19)11-16(14)20/h2-5,8,11,13,18,23H,6-7,9-10,12H2,1H3. The van der Waals surface area contributed by atoms with E-state index in [0.29, 0.717) is 5.56 Å². The van der Waals surface area contributed by atoms with Crippen molar-refractivity contribution in [1.29, 1.82) is 0 Å². The number of aromatic nitrogens is 1. The molecule has 0 bridgehead atoms. The molecule has 1 saturated heterocycles. The normalized spacial score (nSPS) is 18.3. The summed E-state index contributed by atoms with van der Waals surface area (Å²) in [6.07, 6.45) is 3.18. The average Bonchev–Trinajstić information content (AvgIpc) is 2.98. The molecule has 0 amide bonds. The summed E-state index contributed by atoms with van der Waals surface area (Å²) in [5.74, 6) is -0.915. The van der Waals surface area contributed by atoms with Crippen LogP contribution in [0.25, 0.3) is 0 Å². The molecule has 0 radical (unpaired) electrons. The molecular weight excluding hydrogens is 298 g/mol. The lowest BCUT2D eigenvalue weighted by molar-refractivity contribution is 0.0602. The molecule has 1 fully saturated rings. The highest BCUT2D eigenvalue weighted by Gasteiger charge is 2.26. The summed E-state index contributed by atoms with van der Waals surface area (Å²) in [7, 11) is 2.09. The van der Waals surface area contributed by atoms with E-state index in [2.05, 4.69) is 11.9 Å². The fraction of sp³-hybridized carbons (Fsp3) is 0.444. The van der Waals surface area contributed by atoms with Gasteiger partial charge in [0.1, 0.15) is 11.6 Å². The summed E-state index contributed by atoms with van der Waals surface area (Å²) in [5, 5.41) is 10.7. The first-order valence-electron chi connectivity index (χ1n) is 8.00. The smallest absolute Gasteiger partial charge is 0.131 e. The van der Waals surface area contributed by atoms with Gasteiger partial charge >= 0.3 is 0 Å². The Labute approximate surface area is 135 Å². The van der Waals surface area contributed by atoms with Crippen LogP contribution in [0.5, 0.6) is 0 Å². The highest BCUT2D eigenvalue weighted by Crippen LogP contribution is 2.31. The molecule has 0 aliphatic carbocycles. The number of likely N-dealkylation sites (tertiary alicyclic amines) is 1. The Morgan fingerprint density at radius 3 is 2.65 bits per heavy atom. The lowest BCUT2D eigenvalue weighted by Gasteiger charge is -2.32. The van der Waals surface area contributed by atoms with Crippen LogP contribution >= 0.6 is 0 Å². The van der Waals surface area contributed by atoms with E-state index in [0.717, 1.165) is 37.7 Å². The fourth-order valence-electron chi connectivity index (χ4n) is 3.26. The van der Waals surface area contributed by atoms with Gasteiger partial charge in [-0.15, -0.1) is 0 Å². The van der Waals surface area contributed by atoms with E-state index in [4.69, 9.17) is 0 Å². The molecule has 3 rings (SSSR count). The Kier molecular flexibility index (Phi) is 4.78. The maximum Gasteiger partial charge on any atom is 0.131 e. The van der Waals surface area contributed by atoms with Crippen LogP contribution in [0.4, 0.5) is 8.78 Å². The highest BCUT2D eigenvalue weighted by molar-refractivity contribution is 5.21. The molecule has 2 heterocycles. The molecule has 3 nitrogen and oxygen atoms in total. The monoisotopic (exact) mass is 320 g/mol. The van der Waals surface area contributed by atoms with Crippen LogP contribution in [0.3, 0.4) is 0 Å². The van der Waals surface area contributed by atoms with Crippen molar-refractivity contribution in [3.05, 3.63) is 59.4 Å². The molecule has 1 aliphatic rings. The van der Waals surface area contributed by atoms with Crippen LogP contribution in [0, 0.1) is 17.6 Å². The first-order valence-corrected chi connectivity index (χ1v) is 8.00. The number of benzene rings is 1. The molecule has 1 N–H and O–H groups in total. The van der Waals surface area contributed by atoms with Crippen LogP contribution in [0.1, 0.15) is 30.2 Å². The fourth-order valence-corrected chi connectivity index (χ4v) is 3.26.